The third-order valence-electron chi connectivity index (χ3n) is 4.85. The molecule has 0 spiro atoms. The second-order valence-corrected chi connectivity index (χ2v) is 6.69. The van der Waals surface area contributed by atoms with Gasteiger partial charge in [0, 0.05) is 51.0 Å². The van der Waals surface area contributed by atoms with E-state index in [1.165, 1.54) is 31.0 Å². The number of amides is 2. The number of anilines is 2. The van der Waals surface area contributed by atoms with E-state index in [9.17, 15) is 14.9 Å². The van der Waals surface area contributed by atoms with Gasteiger partial charge in [-0.25, -0.2) is 4.79 Å². The molecule has 2 aromatic rings. The predicted molar refractivity (Wildman–Crippen MR) is 112 cm³/mol. The number of para-hydroxylation sites is 1. The van der Waals surface area contributed by atoms with Gasteiger partial charge in [0.2, 0.25) is 0 Å². The summed E-state index contributed by atoms with van der Waals surface area (Å²) in [7, 11) is 1.40. The molecule has 2 N–H and O–H groups in total. The SMILES string of the molecule is COc1cc([N+](=O)[O-])ccc1NC(=O)NCCN1CCN(c2ccccc2)CC1. The number of carbonyl (C=O) groups excluding carboxylic acids is 1. The summed E-state index contributed by atoms with van der Waals surface area (Å²) >= 11 is 0. The van der Waals surface area contributed by atoms with Crippen LogP contribution in [0.4, 0.5) is 21.9 Å². The zero-order chi connectivity index (χ0) is 20.6. The molecule has 1 aliphatic heterocycles. The Morgan fingerprint density at radius 1 is 1.14 bits per heavy atom. The quantitative estimate of drug-likeness (QED) is 0.548. The minimum atomic E-state index is -0.510. The zero-order valence-corrected chi connectivity index (χ0v) is 16.3. The summed E-state index contributed by atoms with van der Waals surface area (Å²) in [4.78, 5) is 27.1. The number of hydrogen-bond donors (Lipinski definition) is 2. The molecule has 1 aliphatic rings. The van der Waals surface area contributed by atoms with Crippen molar-refractivity contribution >= 4 is 23.1 Å². The summed E-state index contributed by atoms with van der Waals surface area (Å²) in [5.74, 6) is 0.242. The topological polar surface area (TPSA) is 100.0 Å². The highest BCUT2D eigenvalue weighted by molar-refractivity contribution is 5.91. The molecule has 9 heteroatoms. The molecule has 1 saturated heterocycles. The van der Waals surface area contributed by atoms with Crippen molar-refractivity contribution in [1.82, 2.24) is 10.2 Å². The van der Waals surface area contributed by atoms with Crippen LogP contribution in [-0.2, 0) is 0 Å². The number of benzene rings is 2. The zero-order valence-electron chi connectivity index (χ0n) is 16.3. The van der Waals surface area contributed by atoms with Gasteiger partial charge in [-0.05, 0) is 18.2 Å². The standard InChI is InChI=1S/C20H25N5O4/c1-29-19-15-17(25(27)28)7-8-18(19)22-20(26)21-9-10-23-11-13-24(14-12-23)16-5-3-2-4-6-16/h2-8,15H,9-14H2,1H3,(H2,21,22,26). The largest absolute Gasteiger partial charge is 0.494 e. The van der Waals surface area contributed by atoms with E-state index in [-0.39, 0.29) is 17.5 Å². The Kier molecular flexibility index (Phi) is 6.85. The molecular weight excluding hydrogens is 374 g/mol. The molecule has 2 amide bonds. The maximum Gasteiger partial charge on any atom is 0.319 e. The molecule has 3 rings (SSSR count). The first kappa shape index (κ1) is 20.4. The van der Waals surface area contributed by atoms with E-state index in [2.05, 4.69) is 32.6 Å². The molecule has 0 radical (unpaired) electrons. The predicted octanol–water partition coefficient (Wildman–Crippen LogP) is 2.55. The summed E-state index contributed by atoms with van der Waals surface area (Å²) in [6, 6.07) is 14.0. The molecule has 0 atom stereocenters. The van der Waals surface area contributed by atoms with Crippen molar-refractivity contribution < 1.29 is 14.5 Å². The van der Waals surface area contributed by atoms with Gasteiger partial charge in [0.1, 0.15) is 5.75 Å². The maximum atomic E-state index is 12.1. The molecule has 0 aromatic heterocycles. The lowest BCUT2D eigenvalue weighted by atomic mass is 10.2. The van der Waals surface area contributed by atoms with Gasteiger partial charge in [0.15, 0.2) is 0 Å². The molecule has 0 bridgehead atoms. The normalized spacial score (nSPS) is 14.3. The van der Waals surface area contributed by atoms with E-state index in [0.717, 1.165) is 32.7 Å². The van der Waals surface area contributed by atoms with Crippen molar-refractivity contribution in [2.45, 2.75) is 0 Å². The van der Waals surface area contributed by atoms with Gasteiger partial charge in [-0.1, -0.05) is 18.2 Å². The van der Waals surface area contributed by atoms with Gasteiger partial charge < -0.3 is 20.3 Å². The first-order valence-corrected chi connectivity index (χ1v) is 9.46. The summed E-state index contributed by atoms with van der Waals surface area (Å²) in [5, 5.41) is 16.3. The third-order valence-corrected chi connectivity index (χ3v) is 4.85. The number of non-ortho nitro benzene ring substituents is 1. The Bertz CT molecular complexity index is 838. The Morgan fingerprint density at radius 3 is 2.52 bits per heavy atom. The molecule has 2 aromatic carbocycles. The van der Waals surface area contributed by atoms with Gasteiger partial charge >= 0.3 is 6.03 Å². The molecule has 154 valence electrons. The lowest BCUT2D eigenvalue weighted by Gasteiger charge is -2.36. The fourth-order valence-electron chi connectivity index (χ4n) is 3.26. The van der Waals surface area contributed by atoms with E-state index in [4.69, 9.17) is 4.74 Å². The Balaban J connectivity index is 1.41. The molecule has 0 unspecified atom stereocenters. The van der Waals surface area contributed by atoms with Crippen molar-refractivity contribution in [2.24, 2.45) is 0 Å². The second kappa shape index (κ2) is 9.74. The average Bonchev–Trinajstić information content (AvgIpc) is 2.75. The van der Waals surface area contributed by atoms with Crippen LogP contribution >= 0.6 is 0 Å². The number of carbonyl (C=O) groups is 1. The molecule has 29 heavy (non-hydrogen) atoms. The summed E-state index contributed by atoms with van der Waals surface area (Å²) in [5.41, 5.74) is 1.52. The van der Waals surface area contributed by atoms with E-state index in [1.54, 1.807) is 0 Å². The Labute approximate surface area is 169 Å². The molecule has 1 fully saturated rings. The van der Waals surface area contributed by atoms with Gasteiger partial charge in [0.05, 0.1) is 23.8 Å². The minimum absolute atomic E-state index is 0.0950. The number of ether oxygens (including phenoxy) is 1. The molecule has 9 nitrogen and oxygen atoms in total. The minimum Gasteiger partial charge on any atom is -0.494 e. The van der Waals surface area contributed by atoms with Crippen LogP contribution in [0.1, 0.15) is 0 Å². The highest BCUT2D eigenvalue weighted by Gasteiger charge is 2.17. The monoisotopic (exact) mass is 399 g/mol. The smallest absolute Gasteiger partial charge is 0.319 e. The molecular formula is C20H25N5O4. The molecule has 1 heterocycles. The number of piperazine rings is 1. The van der Waals surface area contributed by atoms with Crippen LogP contribution in [0.2, 0.25) is 0 Å². The second-order valence-electron chi connectivity index (χ2n) is 6.69. The van der Waals surface area contributed by atoms with Crippen molar-refractivity contribution in [3.05, 3.63) is 58.6 Å². The number of nitrogens with one attached hydrogen (secondary N) is 2. The fraction of sp³-hybridized carbons (Fsp3) is 0.350. The highest BCUT2D eigenvalue weighted by atomic mass is 16.6. The number of nitro benzene ring substituents is 1. The number of rotatable bonds is 7. The molecule has 0 aliphatic carbocycles. The van der Waals surface area contributed by atoms with Crippen LogP contribution in [0.25, 0.3) is 0 Å². The van der Waals surface area contributed by atoms with Crippen LogP contribution in [0.5, 0.6) is 5.75 Å². The first-order chi connectivity index (χ1) is 14.1. The van der Waals surface area contributed by atoms with Crippen molar-refractivity contribution in [3.63, 3.8) is 0 Å². The summed E-state index contributed by atoms with van der Waals surface area (Å²) in [6.45, 7) is 5.05. The van der Waals surface area contributed by atoms with Crippen LogP contribution in [0.15, 0.2) is 48.5 Å². The van der Waals surface area contributed by atoms with Crippen LogP contribution in [0.3, 0.4) is 0 Å². The summed E-state index contributed by atoms with van der Waals surface area (Å²) < 4.78 is 5.12. The van der Waals surface area contributed by atoms with Gasteiger partial charge in [-0.15, -0.1) is 0 Å². The Hall–Kier alpha value is -3.33. The van der Waals surface area contributed by atoms with Crippen LogP contribution in [0, 0.1) is 10.1 Å². The fourth-order valence-corrected chi connectivity index (χ4v) is 3.26. The Morgan fingerprint density at radius 2 is 1.86 bits per heavy atom. The van der Waals surface area contributed by atoms with E-state index < -0.39 is 4.92 Å². The summed E-state index contributed by atoms with van der Waals surface area (Å²) in [6.07, 6.45) is 0. The van der Waals surface area contributed by atoms with Gasteiger partial charge in [0.25, 0.3) is 5.69 Å². The lowest BCUT2D eigenvalue weighted by Crippen LogP contribution is -2.48. The average molecular weight is 399 g/mol. The van der Waals surface area contributed by atoms with Crippen molar-refractivity contribution in [1.29, 1.82) is 0 Å². The highest BCUT2D eigenvalue weighted by Crippen LogP contribution is 2.28. The number of methoxy groups -OCH3 is 1. The van der Waals surface area contributed by atoms with E-state index in [0.29, 0.717) is 12.2 Å². The van der Waals surface area contributed by atoms with Crippen molar-refractivity contribution in [2.75, 3.05) is 56.6 Å². The first-order valence-electron chi connectivity index (χ1n) is 9.46. The van der Waals surface area contributed by atoms with Gasteiger partial charge in [-0.2, -0.15) is 0 Å². The number of hydrogen-bond acceptors (Lipinski definition) is 6. The third kappa shape index (κ3) is 5.58. The van der Waals surface area contributed by atoms with Gasteiger partial charge in [-0.3, -0.25) is 15.0 Å². The number of nitrogens with zero attached hydrogens (tertiary/aromatic N) is 3. The lowest BCUT2D eigenvalue weighted by molar-refractivity contribution is -0.384. The van der Waals surface area contributed by atoms with E-state index in [1.807, 2.05) is 18.2 Å². The number of urea groups is 1. The molecule has 0 saturated carbocycles. The van der Waals surface area contributed by atoms with E-state index >= 15 is 0 Å². The van der Waals surface area contributed by atoms with Crippen molar-refractivity contribution in [3.8, 4) is 5.75 Å². The number of nitro groups is 1. The van der Waals surface area contributed by atoms with Crippen LogP contribution in [-0.4, -0.2) is 62.2 Å². The maximum absolute atomic E-state index is 12.1. The van der Waals surface area contributed by atoms with Crippen LogP contribution < -0.4 is 20.3 Å².